The fourth-order valence-corrected chi connectivity index (χ4v) is 2.36. The third-order valence-corrected chi connectivity index (χ3v) is 3.40. The zero-order valence-corrected chi connectivity index (χ0v) is 12.3. The number of piperazine rings is 1. The van der Waals surface area contributed by atoms with Gasteiger partial charge in [-0.25, -0.2) is 4.79 Å². The van der Waals surface area contributed by atoms with Gasteiger partial charge in [-0.15, -0.1) is 0 Å². The van der Waals surface area contributed by atoms with Gasteiger partial charge in [0.25, 0.3) is 0 Å². The van der Waals surface area contributed by atoms with Crippen molar-refractivity contribution in [2.45, 2.75) is 19.5 Å². The van der Waals surface area contributed by atoms with E-state index < -0.39 is 5.97 Å². The molecule has 1 fully saturated rings. The van der Waals surface area contributed by atoms with E-state index in [1.54, 1.807) is 13.0 Å². The van der Waals surface area contributed by atoms with E-state index in [2.05, 4.69) is 10.1 Å². The van der Waals surface area contributed by atoms with Crippen LogP contribution in [0, 0.1) is 0 Å². The van der Waals surface area contributed by atoms with Crippen LogP contribution in [0.3, 0.4) is 0 Å². The number of furan rings is 1. The Morgan fingerprint density at radius 1 is 1.52 bits per heavy atom. The van der Waals surface area contributed by atoms with Crippen LogP contribution >= 0.6 is 0 Å². The number of esters is 2. The molecule has 116 valence electrons. The highest BCUT2D eigenvalue weighted by molar-refractivity contribution is 5.87. The second-order valence-corrected chi connectivity index (χ2v) is 4.71. The van der Waals surface area contributed by atoms with Gasteiger partial charge in [-0.3, -0.25) is 9.69 Å². The molecule has 1 unspecified atom stereocenters. The van der Waals surface area contributed by atoms with Crippen molar-refractivity contribution >= 4 is 11.9 Å². The number of hydrogen-bond donors (Lipinski definition) is 1. The predicted molar refractivity (Wildman–Crippen MR) is 73.7 cm³/mol. The lowest BCUT2D eigenvalue weighted by Crippen LogP contribution is -2.54. The van der Waals surface area contributed by atoms with Gasteiger partial charge in [0.05, 0.1) is 20.0 Å². The molecular formula is C14H20N2O5. The lowest BCUT2D eigenvalue weighted by Gasteiger charge is -2.34. The molecule has 0 aromatic carbocycles. The summed E-state index contributed by atoms with van der Waals surface area (Å²) in [5.74, 6) is -0.593. The van der Waals surface area contributed by atoms with Crippen molar-refractivity contribution in [3.63, 3.8) is 0 Å². The minimum Gasteiger partial charge on any atom is -0.465 e. The molecular weight excluding hydrogens is 276 g/mol. The van der Waals surface area contributed by atoms with E-state index in [9.17, 15) is 9.59 Å². The topological polar surface area (TPSA) is 81.0 Å². The highest BCUT2D eigenvalue weighted by Gasteiger charge is 2.31. The lowest BCUT2D eigenvalue weighted by molar-refractivity contribution is -0.150. The Balaban J connectivity index is 2.11. The first-order valence-corrected chi connectivity index (χ1v) is 6.93. The first-order valence-electron chi connectivity index (χ1n) is 6.93. The van der Waals surface area contributed by atoms with Crippen molar-refractivity contribution in [2.75, 3.05) is 33.4 Å². The van der Waals surface area contributed by atoms with Gasteiger partial charge in [-0.2, -0.15) is 0 Å². The Hall–Kier alpha value is -1.86. The molecule has 1 atom stereocenters. The maximum Gasteiger partial charge on any atom is 0.374 e. The van der Waals surface area contributed by atoms with Crippen molar-refractivity contribution in [3.8, 4) is 0 Å². The molecule has 2 rings (SSSR count). The molecule has 0 bridgehead atoms. The van der Waals surface area contributed by atoms with Crippen LogP contribution in [0.15, 0.2) is 16.7 Å². The van der Waals surface area contributed by atoms with Gasteiger partial charge >= 0.3 is 11.9 Å². The van der Waals surface area contributed by atoms with Crippen LogP contribution in [0.25, 0.3) is 0 Å². The minimum atomic E-state index is -0.516. The molecule has 21 heavy (non-hydrogen) atoms. The van der Waals surface area contributed by atoms with Gasteiger partial charge in [0.15, 0.2) is 0 Å². The largest absolute Gasteiger partial charge is 0.465 e. The normalized spacial score (nSPS) is 19.2. The van der Waals surface area contributed by atoms with Crippen molar-refractivity contribution in [1.29, 1.82) is 0 Å². The second-order valence-electron chi connectivity index (χ2n) is 4.71. The van der Waals surface area contributed by atoms with Crippen LogP contribution < -0.4 is 5.32 Å². The van der Waals surface area contributed by atoms with E-state index >= 15 is 0 Å². The van der Waals surface area contributed by atoms with Crippen LogP contribution in [-0.4, -0.2) is 56.2 Å². The summed E-state index contributed by atoms with van der Waals surface area (Å²) in [5.41, 5.74) is 0.707. The minimum absolute atomic E-state index is 0.179. The summed E-state index contributed by atoms with van der Waals surface area (Å²) in [6, 6.07) is 1.36. The van der Waals surface area contributed by atoms with Gasteiger partial charge in [-0.1, -0.05) is 0 Å². The highest BCUT2D eigenvalue weighted by atomic mass is 16.5. The summed E-state index contributed by atoms with van der Waals surface area (Å²) < 4.78 is 14.9. The third kappa shape index (κ3) is 3.62. The Bertz CT molecular complexity index is 499. The zero-order chi connectivity index (χ0) is 15.2. The Kier molecular flexibility index (Phi) is 5.35. The summed E-state index contributed by atoms with van der Waals surface area (Å²) in [7, 11) is 1.31. The molecule has 1 aliphatic heterocycles. The van der Waals surface area contributed by atoms with Gasteiger partial charge in [0, 0.05) is 31.7 Å². The van der Waals surface area contributed by atoms with Crippen LogP contribution in [0.5, 0.6) is 0 Å². The van der Waals surface area contributed by atoms with Crippen molar-refractivity contribution in [2.24, 2.45) is 0 Å². The number of carbonyl (C=O) groups is 2. The Labute approximate surface area is 123 Å². The van der Waals surface area contributed by atoms with Gasteiger partial charge in [0.2, 0.25) is 5.76 Å². The number of hydrogen-bond acceptors (Lipinski definition) is 7. The van der Waals surface area contributed by atoms with Crippen LogP contribution in [0.4, 0.5) is 0 Å². The number of rotatable bonds is 5. The standard InChI is InChI=1S/C14H20N2O5/c1-3-20-13(17)11-8-15-5-6-16(11)9-10-4-7-21-12(10)14(18)19-2/h4,7,11,15H,3,5-6,8-9H2,1-2H3. The fourth-order valence-electron chi connectivity index (χ4n) is 2.36. The van der Waals surface area contributed by atoms with E-state index in [1.807, 2.05) is 4.90 Å². The van der Waals surface area contributed by atoms with E-state index in [1.165, 1.54) is 13.4 Å². The van der Waals surface area contributed by atoms with E-state index in [0.29, 0.717) is 31.8 Å². The maximum absolute atomic E-state index is 12.0. The van der Waals surface area contributed by atoms with Gasteiger partial charge < -0.3 is 19.2 Å². The average Bonchev–Trinajstić information content (AvgIpc) is 2.95. The van der Waals surface area contributed by atoms with Crippen molar-refractivity contribution in [3.05, 3.63) is 23.7 Å². The number of nitrogens with one attached hydrogen (secondary N) is 1. The summed E-state index contributed by atoms with van der Waals surface area (Å²) in [6.45, 7) is 4.57. The number of nitrogens with zero attached hydrogens (tertiary/aromatic N) is 1. The molecule has 1 aromatic rings. The quantitative estimate of drug-likeness (QED) is 0.788. The van der Waals surface area contributed by atoms with Crippen LogP contribution in [-0.2, 0) is 20.8 Å². The zero-order valence-electron chi connectivity index (χ0n) is 12.3. The molecule has 1 saturated heterocycles. The molecule has 0 spiro atoms. The molecule has 2 heterocycles. The first kappa shape index (κ1) is 15.5. The van der Waals surface area contributed by atoms with E-state index in [-0.39, 0.29) is 17.8 Å². The SMILES string of the molecule is CCOC(=O)C1CNCCN1Cc1ccoc1C(=O)OC. The number of methoxy groups -OCH3 is 1. The molecule has 0 saturated carbocycles. The number of ether oxygens (including phenoxy) is 2. The smallest absolute Gasteiger partial charge is 0.374 e. The summed E-state index contributed by atoms with van der Waals surface area (Å²) >= 11 is 0. The molecule has 0 aliphatic carbocycles. The molecule has 1 N–H and O–H groups in total. The third-order valence-electron chi connectivity index (χ3n) is 3.40. The van der Waals surface area contributed by atoms with Gasteiger partial charge in [-0.05, 0) is 13.0 Å². The molecule has 0 amide bonds. The van der Waals surface area contributed by atoms with Crippen molar-refractivity contribution < 1.29 is 23.5 Å². The average molecular weight is 296 g/mol. The van der Waals surface area contributed by atoms with E-state index in [0.717, 1.165) is 6.54 Å². The monoisotopic (exact) mass is 296 g/mol. The van der Waals surface area contributed by atoms with Gasteiger partial charge in [0.1, 0.15) is 6.04 Å². The molecule has 1 aliphatic rings. The Morgan fingerprint density at radius 3 is 3.05 bits per heavy atom. The second kappa shape index (κ2) is 7.24. The molecule has 7 heteroatoms. The molecule has 1 aromatic heterocycles. The summed E-state index contributed by atoms with van der Waals surface area (Å²) in [6.07, 6.45) is 1.45. The van der Waals surface area contributed by atoms with E-state index in [4.69, 9.17) is 9.15 Å². The molecule has 0 radical (unpaired) electrons. The maximum atomic E-state index is 12.0. The predicted octanol–water partition coefficient (Wildman–Crippen LogP) is 0.403. The number of carbonyl (C=O) groups excluding carboxylic acids is 2. The van der Waals surface area contributed by atoms with Crippen molar-refractivity contribution in [1.82, 2.24) is 10.2 Å². The van der Waals surface area contributed by atoms with Crippen LogP contribution in [0.2, 0.25) is 0 Å². The highest BCUT2D eigenvalue weighted by Crippen LogP contribution is 2.17. The summed E-state index contributed by atoms with van der Waals surface area (Å²) in [5, 5.41) is 3.17. The fraction of sp³-hybridized carbons (Fsp3) is 0.571. The van der Waals surface area contributed by atoms with Crippen LogP contribution in [0.1, 0.15) is 23.0 Å². The Morgan fingerprint density at radius 2 is 2.33 bits per heavy atom. The lowest BCUT2D eigenvalue weighted by atomic mass is 10.1. The first-order chi connectivity index (χ1) is 10.2. The summed E-state index contributed by atoms with van der Waals surface area (Å²) in [4.78, 5) is 25.6. The molecule has 7 nitrogen and oxygen atoms in total.